The number of carboxylic acid groups (broad SMARTS) is 1. The molecule has 0 spiro atoms. The fourth-order valence-electron chi connectivity index (χ4n) is 2.77. The van der Waals surface area contributed by atoms with Gasteiger partial charge in [-0.2, -0.15) is 0 Å². The lowest BCUT2D eigenvalue weighted by atomic mass is 9.86. The normalized spacial score (nSPS) is 20.9. The van der Waals surface area contributed by atoms with Gasteiger partial charge in [0.15, 0.2) is 0 Å². The molecule has 0 bridgehead atoms. The summed E-state index contributed by atoms with van der Waals surface area (Å²) in [5.74, 6) is -0.852. The van der Waals surface area contributed by atoms with Crippen LogP contribution in [0, 0.1) is 5.92 Å². The summed E-state index contributed by atoms with van der Waals surface area (Å²) in [6.07, 6.45) is 1.80. The van der Waals surface area contributed by atoms with Crippen LogP contribution in [-0.2, 0) is 16.8 Å². The molecule has 0 saturated carbocycles. The number of piperidine rings is 1. The van der Waals surface area contributed by atoms with Gasteiger partial charge >= 0.3 is 5.97 Å². The van der Waals surface area contributed by atoms with Crippen LogP contribution in [0.25, 0.3) is 0 Å². The fraction of sp³-hybridized carbons (Fsp3) is 0.588. The molecule has 1 saturated heterocycles. The Morgan fingerprint density at radius 2 is 1.95 bits per heavy atom. The van der Waals surface area contributed by atoms with Gasteiger partial charge in [-0.15, -0.1) is 0 Å². The molecule has 1 unspecified atom stereocenters. The van der Waals surface area contributed by atoms with Crippen LogP contribution < -0.4 is 0 Å². The smallest absolute Gasteiger partial charge is 0.307 e. The Morgan fingerprint density at radius 1 is 1.30 bits per heavy atom. The molecule has 20 heavy (non-hydrogen) atoms. The van der Waals surface area contributed by atoms with Crippen LogP contribution in [0.2, 0.25) is 0 Å². The lowest BCUT2D eigenvalue weighted by molar-refractivity contribution is -0.143. The SMILES string of the molecule is CC(C)(C)c1ccc(CN2CCCC(C(=O)O)C2)cc1. The molecule has 1 fully saturated rings. The number of hydrogen-bond donors (Lipinski definition) is 1. The molecule has 1 atom stereocenters. The van der Waals surface area contributed by atoms with E-state index in [2.05, 4.69) is 49.9 Å². The van der Waals surface area contributed by atoms with E-state index in [-0.39, 0.29) is 11.3 Å². The minimum absolute atomic E-state index is 0.179. The maximum atomic E-state index is 11.1. The Balaban J connectivity index is 1.98. The zero-order chi connectivity index (χ0) is 14.8. The Hall–Kier alpha value is -1.35. The zero-order valence-corrected chi connectivity index (χ0v) is 12.7. The van der Waals surface area contributed by atoms with Crippen LogP contribution >= 0.6 is 0 Å². The monoisotopic (exact) mass is 275 g/mol. The van der Waals surface area contributed by atoms with Crippen molar-refractivity contribution in [3.63, 3.8) is 0 Å². The molecule has 110 valence electrons. The van der Waals surface area contributed by atoms with Gasteiger partial charge in [0.05, 0.1) is 5.92 Å². The van der Waals surface area contributed by atoms with E-state index in [1.54, 1.807) is 0 Å². The van der Waals surface area contributed by atoms with Gasteiger partial charge in [-0.3, -0.25) is 9.69 Å². The molecule has 1 aromatic rings. The van der Waals surface area contributed by atoms with E-state index in [0.717, 1.165) is 25.9 Å². The molecular formula is C17H25NO2. The molecule has 0 radical (unpaired) electrons. The first-order chi connectivity index (χ1) is 9.36. The van der Waals surface area contributed by atoms with Crippen molar-refractivity contribution in [1.82, 2.24) is 4.90 Å². The predicted octanol–water partition coefficient (Wildman–Crippen LogP) is 3.28. The molecule has 2 rings (SSSR count). The fourth-order valence-corrected chi connectivity index (χ4v) is 2.77. The number of likely N-dealkylation sites (tertiary alicyclic amines) is 1. The molecule has 0 amide bonds. The number of aliphatic carboxylic acids is 1. The molecule has 0 aromatic heterocycles. The highest BCUT2D eigenvalue weighted by Gasteiger charge is 2.25. The van der Waals surface area contributed by atoms with E-state index >= 15 is 0 Å². The Kier molecular flexibility index (Phi) is 4.48. The predicted molar refractivity (Wildman–Crippen MR) is 80.8 cm³/mol. The van der Waals surface area contributed by atoms with Crippen molar-refractivity contribution >= 4 is 5.97 Å². The average Bonchev–Trinajstić information content (AvgIpc) is 2.38. The minimum Gasteiger partial charge on any atom is -0.481 e. The first-order valence-corrected chi connectivity index (χ1v) is 7.41. The summed E-state index contributed by atoms with van der Waals surface area (Å²) < 4.78 is 0. The quantitative estimate of drug-likeness (QED) is 0.920. The molecule has 1 aliphatic heterocycles. The highest BCUT2D eigenvalue weighted by Crippen LogP contribution is 2.23. The summed E-state index contributed by atoms with van der Waals surface area (Å²) in [5.41, 5.74) is 2.78. The van der Waals surface area contributed by atoms with Crippen molar-refractivity contribution in [3.8, 4) is 0 Å². The van der Waals surface area contributed by atoms with E-state index in [0.29, 0.717) is 6.54 Å². The molecule has 3 nitrogen and oxygen atoms in total. The van der Waals surface area contributed by atoms with Crippen LogP contribution in [-0.4, -0.2) is 29.1 Å². The lowest BCUT2D eigenvalue weighted by Crippen LogP contribution is -2.38. The molecule has 3 heteroatoms. The van der Waals surface area contributed by atoms with E-state index < -0.39 is 5.97 Å². The van der Waals surface area contributed by atoms with Crippen LogP contribution in [0.5, 0.6) is 0 Å². The summed E-state index contributed by atoms with van der Waals surface area (Å²) in [4.78, 5) is 13.3. The van der Waals surface area contributed by atoms with Gasteiger partial charge in [-0.25, -0.2) is 0 Å². The molecule has 0 aliphatic carbocycles. The van der Waals surface area contributed by atoms with Crippen molar-refractivity contribution < 1.29 is 9.90 Å². The van der Waals surface area contributed by atoms with E-state index in [9.17, 15) is 4.79 Å². The van der Waals surface area contributed by atoms with Crippen LogP contribution in [0.4, 0.5) is 0 Å². The average molecular weight is 275 g/mol. The van der Waals surface area contributed by atoms with E-state index in [4.69, 9.17) is 5.11 Å². The summed E-state index contributed by atoms with van der Waals surface area (Å²) in [6.45, 7) is 9.17. The summed E-state index contributed by atoms with van der Waals surface area (Å²) in [6, 6.07) is 8.72. The van der Waals surface area contributed by atoms with Crippen molar-refractivity contribution in [2.24, 2.45) is 5.92 Å². The second-order valence-corrected chi connectivity index (χ2v) is 6.86. The highest BCUT2D eigenvalue weighted by molar-refractivity contribution is 5.70. The third kappa shape index (κ3) is 3.83. The topological polar surface area (TPSA) is 40.5 Å². The number of benzene rings is 1. The van der Waals surface area contributed by atoms with Gasteiger partial charge < -0.3 is 5.11 Å². The van der Waals surface area contributed by atoms with Gasteiger partial charge in [0.25, 0.3) is 0 Å². The third-order valence-corrected chi connectivity index (χ3v) is 4.08. The van der Waals surface area contributed by atoms with Crippen LogP contribution in [0.1, 0.15) is 44.7 Å². The second-order valence-electron chi connectivity index (χ2n) is 6.86. The van der Waals surface area contributed by atoms with Crippen molar-refractivity contribution in [1.29, 1.82) is 0 Å². The van der Waals surface area contributed by atoms with Gasteiger partial charge in [0, 0.05) is 13.1 Å². The number of nitrogens with zero attached hydrogens (tertiary/aromatic N) is 1. The van der Waals surface area contributed by atoms with Crippen LogP contribution in [0.3, 0.4) is 0 Å². The molecule has 1 heterocycles. The Labute approximate surface area is 121 Å². The van der Waals surface area contributed by atoms with Gasteiger partial charge in [-0.05, 0) is 35.9 Å². The van der Waals surface area contributed by atoms with Crippen molar-refractivity contribution in [2.75, 3.05) is 13.1 Å². The maximum Gasteiger partial charge on any atom is 0.307 e. The number of hydrogen-bond acceptors (Lipinski definition) is 2. The number of carboxylic acids is 1. The van der Waals surface area contributed by atoms with Crippen molar-refractivity contribution in [3.05, 3.63) is 35.4 Å². The largest absolute Gasteiger partial charge is 0.481 e. The second kappa shape index (κ2) is 5.96. The van der Waals surface area contributed by atoms with Gasteiger partial charge in [0.1, 0.15) is 0 Å². The summed E-state index contributed by atoms with van der Waals surface area (Å²) >= 11 is 0. The molecule has 1 aliphatic rings. The summed E-state index contributed by atoms with van der Waals surface area (Å²) in [5, 5.41) is 9.12. The summed E-state index contributed by atoms with van der Waals surface area (Å²) in [7, 11) is 0. The molecule has 1 aromatic carbocycles. The first kappa shape index (κ1) is 15.0. The molecular weight excluding hydrogens is 250 g/mol. The lowest BCUT2D eigenvalue weighted by Gasteiger charge is -2.30. The standard InChI is InChI=1S/C17H25NO2/c1-17(2,3)15-8-6-13(7-9-15)11-18-10-4-5-14(12-18)16(19)20/h6-9,14H,4-5,10-12H2,1-3H3,(H,19,20). The van der Waals surface area contributed by atoms with Crippen LogP contribution in [0.15, 0.2) is 24.3 Å². The third-order valence-electron chi connectivity index (χ3n) is 4.08. The van der Waals surface area contributed by atoms with Gasteiger partial charge in [-0.1, -0.05) is 45.0 Å². The van der Waals surface area contributed by atoms with E-state index in [1.807, 2.05) is 0 Å². The van der Waals surface area contributed by atoms with Crippen molar-refractivity contribution in [2.45, 2.75) is 45.6 Å². The first-order valence-electron chi connectivity index (χ1n) is 7.41. The number of carbonyl (C=O) groups is 1. The Morgan fingerprint density at radius 3 is 2.50 bits per heavy atom. The number of rotatable bonds is 3. The highest BCUT2D eigenvalue weighted by atomic mass is 16.4. The van der Waals surface area contributed by atoms with Gasteiger partial charge in [0.2, 0.25) is 0 Å². The Bertz CT molecular complexity index is 459. The maximum absolute atomic E-state index is 11.1. The zero-order valence-electron chi connectivity index (χ0n) is 12.7. The van der Waals surface area contributed by atoms with E-state index in [1.165, 1.54) is 11.1 Å². The molecule has 1 N–H and O–H groups in total. The minimum atomic E-state index is -0.655.